The summed E-state index contributed by atoms with van der Waals surface area (Å²) in [6.07, 6.45) is -2.53. The lowest BCUT2D eigenvalue weighted by Crippen LogP contribution is -2.12. The van der Waals surface area contributed by atoms with E-state index in [-0.39, 0.29) is 17.5 Å². The van der Waals surface area contributed by atoms with Crippen LogP contribution in [-0.4, -0.2) is 24.7 Å². The Morgan fingerprint density at radius 1 is 1.44 bits per heavy atom. The second kappa shape index (κ2) is 6.27. The predicted octanol–water partition coefficient (Wildman–Crippen LogP) is 2.56. The van der Waals surface area contributed by atoms with Gasteiger partial charge < -0.3 is 10.5 Å². The van der Waals surface area contributed by atoms with Gasteiger partial charge in [0.1, 0.15) is 23.9 Å². The molecule has 2 N–H and O–H groups in total. The standard InChI is InChI=1S/C10H11ClF2N2O/c11-5-10(14)15-7-3-1-2-4-8(7)16-6-9(12)13/h1-4,9H,5-6H2,(H2,14,15). The van der Waals surface area contributed by atoms with Crippen LogP contribution in [0.3, 0.4) is 0 Å². The van der Waals surface area contributed by atoms with Crippen molar-refractivity contribution in [3.05, 3.63) is 24.3 Å². The quantitative estimate of drug-likeness (QED) is 0.495. The minimum absolute atomic E-state index is 0.0726. The van der Waals surface area contributed by atoms with Gasteiger partial charge in [-0.2, -0.15) is 0 Å². The Kier molecular flexibility index (Phi) is 4.98. The average molecular weight is 249 g/mol. The SMILES string of the molecule is NC(CCl)=Nc1ccccc1OCC(F)F. The zero-order valence-electron chi connectivity index (χ0n) is 8.37. The van der Waals surface area contributed by atoms with Crippen molar-refractivity contribution in [3.63, 3.8) is 0 Å². The van der Waals surface area contributed by atoms with Gasteiger partial charge in [0.15, 0.2) is 0 Å². The van der Waals surface area contributed by atoms with E-state index in [1.165, 1.54) is 0 Å². The summed E-state index contributed by atoms with van der Waals surface area (Å²) in [4.78, 5) is 3.95. The number of aliphatic imine (C=N–C) groups is 1. The molecule has 0 aromatic heterocycles. The van der Waals surface area contributed by atoms with Gasteiger partial charge in [-0.15, -0.1) is 11.6 Å². The monoisotopic (exact) mass is 248 g/mol. The Morgan fingerprint density at radius 2 is 2.12 bits per heavy atom. The lowest BCUT2D eigenvalue weighted by atomic mass is 10.3. The van der Waals surface area contributed by atoms with Crippen LogP contribution in [0.4, 0.5) is 14.5 Å². The number of nitrogens with two attached hydrogens (primary N) is 1. The smallest absolute Gasteiger partial charge is 0.272 e. The van der Waals surface area contributed by atoms with E-state index in [0.29, 0.717) is 5.69 Å². The second-order valence-electron chi connectivity index (χ2n) is 2.91. The van der Waals surface area contributed by atoms with Gasteiger partial charge in [-0.25, -0.2) is 13.8 Å². The van der Waals surface area contributed by atoms with Crippen LogP contribution in [0.15, 0.2) is 29.3 Å². The maximum absolute atomic E-state index is 12.0. The first-order valence-corrected chi connectivity index (χ1v) is 5.06. The van der Waals surface area contributed by atoms with E-state index in [1.807, 2.05) is 0 Å². The maximum atomic E-state index is 12.0. The molecule has 0 saturated carbocycles. The summed E-state index contributed by atoms with van der Waals surface area (Å²) in [5, 5.41) is 0. The number of benzene rings is 1. The van der Waals surface area contributed by atoms with Crippen LogP contribution in [0.5, 0.6) is 5.75 Å². The van der Waals surface area contributed by atoms with Crippen LogP contribution in [0.25, 0.3) is 0 Å². The fourth-order valence-corrected chi connectivity index (χ4v) is 1.07. The van der Waals surface area contributed by atoms with Crippen molar-refractivity contribution >= 4 is 23.1 Å². The number of ether oxygens (including phenoxy) is 1. The summed E-state index contributed by atoms with van der Waals surface area (Å²) >= 11 is 5.47. The van der Waals surface area contributed by atoms with Crippen molar-refractivity contribution < 1.29 is 13.5 Å². The molecule has 0 unspecified atom stereocenters. The molecule has 16 heavy (non-hydrogen) atoms. The average Bonchev–Trinajstić information content (AvgIpc) is 2.27. The molecular weight excluding hydrogens is 238 g/mol. The summed E-state index contributed by atoms with van der Waals surface area (Å²) in [6.45, 7) is -0.673. The predicted molar refractivity (Wildman–Crippen MR) is 59.9 cm³/mol. The first kappa shape index (κ1) is 12.7. The molecule has 1 aromatic rings. The van der Waals surface area contributed by atoms with Gasteiger partial charge >= 0.3 is 0 Å². The van der Waals surface area contributed by atoms with Crippen molar-refractivity contribution in [2.75, 3.05) is 12.5 Å². The number of halogens is 3. The Balaban J connectivity index is 2.83. The lowest BCUT2D eigenvalue weighted by Gasteiger charge is -2.08. The second-order valence-corrected chi connectivity index (χ2v) is 3.17. The van der Waals surface area contributed by atoms with Crippen molar-refractivity contribution in [1.82, 2.24) is 0 Å². The van der Waals surface area contributed by atoms with E-state index in [0.717, 1.165) is 0 Å². The molecule has 0 bridgehead atoms. The Morgan fingerprint density at radius 3 is 2.75 bits per heavy atom. The molecule has 0 aliphatic heterocycles. The highest BCUT2D eigenvalue weighted by Gasteiger charge is 2.07. The van der Waals surface area contributed by atoms with Gasteiger partial charge in [0.05, 0.1) is 5.88 Å². The van der Waals surface area contributed by atoms with Crippen molar-refractivity contribution in [2.45, 2.75) is 6.43 Å². The minimum atomic E-state index is -2.53. The highest BCUT2D eigenvalue weighted by molar-refractivity contribution is 6.28. The number of alkyl halides is 3. The molecule has 6 heteroatoms. The van der Waals surface area contributed by atoms with Crippen LogP contribution < -0.4 is 10.5 Å². The van der Waals surface area contributed by atoms with Crippen LogP contribution in [0.2, 0.25) is 0 Å². The van der Waals surface area contributed by atoms with Gasteiger partial charge in [0, 0.05) is 0 Å². The molecule has 0 spiro atoms. The Hall–Kier alpha value is -1.36. The number of amidine groups is 1. The van der Waals surface area contributed by atoms with Crippen molar-refractivity contribution in [1.29, 1.82) is 0 Å². The van der Waals surface area contributed by atoms with Crippen LogP contribution in [0, 0.1) is 0 Å². The molecule has 0 aliphatic carbocycles. The fraction of sp³-hybridized carbons (Fsp3) is 0.300. The summed E-state index contributed by atoms with van der Waals surface area (Å²) < 4.78 is 28.8. The lowest BCUT2D eigenvalue weighted by molar-refractivity contribution is 0.0822. The molecule has 0 aliphatic rings. The number of hydrogen-bond donors (Lipinski definition) is 1. The first-order chi connectivity index (χ1) is 7.63. The third-order valence-corrected chi connectivity index (χ3v) is 1.90. The summed E-state index contributed by atoms with van der Waals surface area (Å²) in [6, 6.07) is 6.52. The van der Waals surface area contributed by atoms with E-state index >= 15 is 0 Å². The number of nitrogens with zero attached hydrogens (tertiary/aromatic N) is 1. The number of para-hydroxylation sites is 2. The van der Waals surface area contributed by atoms with E-state index in [9.17, 15) is 8.78 Å². The Bertz CT molecular complexity index is 372. The topological polar surface area (TPSA) is 47.6 Å². The van der Waals surface area contributed by atoms with Crippen LogP contribution >= 0.6 is 11.6 Å². The largest absolute Gasteiger partial charge is 0.485 e. The molecule has 1 rings (SSSR count). The minimum Gasteiger partial charge on any atom is -0.485 e. The van der Waals surface area contributed by atoms with Gasteiger partial charge in [0.25, 0.3) is 6.43 Å². The van der Waals surface area contributed by atoms with E-state index < -0.39 is 13.0 Å². The molecule has 1 aromatic carbocycles. The van der Waals surface area contributed by atoms with E-state index in [1.54, 1.807) is 24.3 Å². The maximum Gasteiger partial charge on any atom is 0.272 e. The third kappa shape index (κ3) is 4.02. The Labute approximate surface area is 96.9 Å². The fourth-order valence-electron chi connectivity index (χ4n) is 1.01. The molecule has 3 nitrogen and oxygen atoms in total. The summed E-state index contributed by atoms with van der Waals surface area (Å²) in [7, 11) is 0. The van der Waals surface area contributed by atoms with Gasteiger partial charge in [-0.05, 0) is 12.1 Å². The molecule has 0 atom stereocenters. The van der Waals surface area contributed by atoms with Crippen LogP contribution in [-0.2, 0) is 0 Å². The number of rotatable bonds is 5. The van der Waals surface area contributed by atoms with Gasteiger partial charge in [-0.1, -0.05) is 12.1 Å². The summed E-state index contributed by atoms with van der Waals surface area (Å²) in [5.41, 5.74) is 5.83. The molecule has 0 fully saturated rings. The molecule has 88 valence electrons. The highest BCUT2D eigenvalue weighted by Crippen LogP contribution is 2.27. The highest BCUT2D eigenvalue weighted by atomic mass is 35.5. The van der Waals surface area contributed by atoms with Crippen LogP contribution in [0.1, 0.15) is 0 Å². The van der Waals surface area contributed by atoms with Gasteiger partial charge in [0.2, 0.25) is 0 Å². The van der Waals surface area contributed by atoms with Crippen molar-refractivity contribution in [2.24, 2.45) is 10.7 Å². The van der Waals surface area contributed by atoms with E-state index in [2.05, 4.69) is 4.99 Å². The first-order valence-electron chi connectivity index (χ1n) is 4.52. The molecule has 0 amide bonds. The summed E-state index contributed by atoms with van der Waals surface area (Å²) in [5.74, 6) is 0.536. The van der Waals surface area contributed by atoms with E-state index in [4.69, 9.17) is 22.1 Å². The number of hydrogen-bond acceptors (Lipinski definition) is 2. The molecule has 0 heterocycles. The van der Waals surface area contributed by atoms with Crippen molar-refractivity contribution in [3.8, 4) is 5.75 Å². The normalized spacial score (nSPS) is 11.9. The molecule has 0 radical (unpaired) electrons. The zero-order chi connectivity index (χ0) is 12.0. The van der Waals surface area contributed by atoms with Gasteiger partial charge in [-0.3, -0.25) is 0 Å². The molecular formula is C10H11ClF2N2O. The third-order valence-electron chi connectivity index (χ3n) is 1.63. The zero-order valence-corrected chi connectivity index (χ0v) is 9.12. The molecule has 0 saturated heterocycles.